The summed E-state index contributed by atoms with van der Waals surface area (Å²) in [6.07, 6.45) is 13.5. The molecule has 2 saturated carbocycles. The molecule has 3 rings (SSSR count). The van der Waals surface area contributed by atoms with Crippen LogP contribution in [0.15, 0.2) is 23.8 Å². The molecular formula is C27H37AsClO3. The number of benzene rings is 1. The first-order chi connectivity index (χ1) is 15.1. The Bertz CT molecular complexity index is 918. The fraction of sp³-hybridized carbons (Fsp3) is 0.593. The molecular weight excluding hydrogens is 483 g/mol. The molecule has 1 unspecified atom stereocenters. The third-order valence-electron chi connectivity index (χ3n) is 7.87. The Kier molecular flexibility index (Phi) is 8.26. The Morgan fingerprint density at radius 3 is 2.56 bits per heavy atom. The molecule has 3 nitrogen and oxygen atoms in total. The van der Waals surface area contributed by atoms with E-state index in [2.05, 4.69) is 45.9 Å². The molecule has 0 aromatic heterocycles. The zero-order chi connectivity index (χ0) is 23.6. The van der Waals surface area contributed by atoms with E-state index in [1.165, 1.54) is 32.8 Å². The van der Waals surface area contributed by atoms with Crippen LogP contribution in [-0.4, -0.2) is 34.3 Å². The van der Waals surface area contributed by atoms with E-state index in [9.17, 15) is 9.90 Å². The molecule has 0 saturated heterocycles. The van der Waals surface area contributed by atoms with E-state index in [1.54, 1.807) is 6.92 Å². The van der Waals surface area contributed by atoms with Crippen LogP contribution in [-0.2, 0) is 6.42 Å². The third kappa shape index (κ3) is 5.15. The average Bonchev–Trinajstić information content (AvgIpc) is 3.59. The third-order valence-corrected chi connectivity index (χ3v) is 12.6. The second-order valence-electron chi connectivity index (χ2n) is 9.90. The van der Waals surface area contributed by atoms with Crippen molar-refractivity contribution >= 4 is 33.6 Å². The van der Waals surface area contributed by atoms with Crippen molar-refractivity contribution < 1.29 is 14.6 Å². The first-order valence-corrected chi connectivity index (χ1v) is 14.3. The van der Waals surface area contributed by atoms with Crippen molar-refractivity contribution in [2.45, 2.75) is 76.1 Å². The van der Waals surface area contributed by atoms with Crippen LogP contribution in [0.1, 0.15) is 74.9 Å². The fourth-order valence-corrected chi connectivity index (χ4v) is 9.13. The monoisotopic (exact) mass is 519 g/mol. The van der Waals surface area contributed by atoms with E-state index >= 15 is 0 Å². The summed E-state index contributed by atoms with van der Waals surface area (Å²) in [6, 6.07) is 0. The molecule has 0 aliphatic heterocycles. The van der Waals surface area contributed by atoms with Gasteiger partial charge in [-0.15, -0.1) is 0 Å². The van der Waals surface area contributed by atoms with E-state index in [1.807, 2.05) is 0 Å². The zero-order valence-corrected chi connectivity index (χ0v) is 22.9. The van der Waals surface area contributed by atoms with Crippen LogP contribution in [0.4, 0.5) is 0 Å². The molecule has 0 spiro atoms. The number of carbonyl (C=O) groups is 1. The molecule has 1 radical (unpaired) electrons. The number of phenolic OH excluding ortho intramolecular Hbond substituents is 1. The Balaban J connectivity index is 1.81. The van der Waals surface area contributed by atoms with Gasteiger partial charge in [-0.3, -0.25) is 4.79 Å². The van der Waals surface area contributed by atoms with Crippen LogP contribution in [0.3, 0.4) is 0 Å². The quantitative estimate of drug-likeness (QED) is 0.221. The van der Waals surface area contributed by atoms with Crippen LogP contribution >= 0.6 is 11.6 Å². The van der Waals surface area contributed by atoms with Gasteiger partial charge in [0.2, 0.25) is 0 Å². The first-order valence-electron chi connectivity index (χ1n) is 11.7. The van der Waals surface area contributed by atoms with E-state index in [0.717, 1.165) is 15.0 Å². The minimum absolute atomic E-state index is 0.0421. The number of hydrogen-bond acceptors (Lipinski definition) is 3. The van der Waals surface area contributed by atoms with Crippen LogP contribution in [0.5, 0.6) is 11.5 Å². The van der Waals surface area contributed by atoms with Gasteiger partial charge in [0.15, 0.2) is 0 Å². The predicted molar refractivity (Wildman–Crippen MR) is 135 cm³/mol. The molecule has 175 valence electrons. The van der Waals surface area contributed by atoms with Crippen LogP contribution in [0.2, 0.25) is 14.4 Å². The summed E-state index contributed by atoms with van der Waals surface area (Å²) in [5.41, 5.74) is 2.66. The summed E-state index contributed by atoms with van der Waals surface area (Å²) in [6.45, 7) is 11.1. The number of rotatable bonds is 8. The topological polar surface area (TPSA) is 46.5 Å². The number of aldehydes is 1. The second-order valence-corrected chi connectivity index (χ2v) is 13.8. The van der Waals surface area contributed by atoms with E-state index < -0.39 is 0 Å². The van der Waals surface area contributed by atoms with Crippen LogP contribution < -0.4 is 4.74 Å². The zero-order valence-electron chi connectivity index (χ0n) is 20.2. The van der Waals surface area contributed by atoms with Gasteiger partial charge >= 0.3 is 194 Å². The number of carbonyl (C=O) groups excluding carboxylic acids is 1. The van der Waals surface area contributed by atoms with Crippen molar-refractivity contribution in [3.63, 3.8) is 0 Å². The predicted octanol–water partition coefficient (Wildman–Crippen LogP) is 7.37. The molecule has 5 heteroatoms. The Labute approximate surface area is 205 Å². The van der Waals surface area contributed by atoms with Crippen molar-refractivity contribution in [1.29, 1.82) is 0 Å². The van der Waals surface area contributed by atoms with Gasteiger partial charge in [0.1, 0.15) is 0 Å². The average molecular weight is 520 g/mol. The van der Waals surface area contributed by atoms with Gasteiger partial charge in [-0.25, -0.2) is 0 Å². The Morgan fingerprint density at radius 2 is 1.97 bits per heavy atom. The van der Waals surface area contributed by atoms with Crippen molar-refractivity contribution in [3.05, 3.63) is 45.5 Å². The van der Waals surface area contributed by atoms with E-state index in [0.29, 0.717) is 62.2 Å². The van der Waals surface area contributed by atoms with Crippen molar-refractivity contribution in [2.24, 2.45) is 17.3 Å². The molecule has 0 heterocycles. The van der Waals surface area contributed by atoms with Crippen molar-refractivity contribution in [1.82, 2.24) is 0 Å². The standard InChI is InChI=1S/C27H37AsClO3/c1-16(7-11-21-25(31)22(15-30)18(3)24(29)26(21)32-6)13-14-27(5)17(2)8-12-23(19(27)4)28-20-9-10-20/h7,13-15,17,19-20,23,31H,8-12H2,1-6H3/b14-13+,16-7+/t17-,19+,23?,27+/m1/s1. The number of hydrogen-bond donors (Lipinski definition) is 1. The van der Waals surface area contributed by atoms with Crippen LogP contribution in [0, 0.1) is 24.2 Å². The summed E-state index contributed by atoms with van der Waals surface area (Å²) >= 11 is 6.89. The number of halogens is 1. The van der Waals surface area contributed by atoms with Gasteiger partial charge in [-0.2, -0.15) is 0 Å². The molecule has 1 N–H and O–H groups in total. The molecule has 2 fully saturated rings. The van der Waals surface area contributed by atoms with Gasteiger partial charge in [0.25, 0.3) is 0 Å². The number of allylic oxidation sites excluding steroid dienone is 4. The second kappa shape index (κ2) is 10.4. The first kappa shape index (κ1) is 25.4. The summed E-state index contributed by atoms with van der Waals surface area (Å²) in [4.78, 5) is 11.5. The number of ether oxygens (including phenoxy) is 1. The Hall–Kier alpha value is -1.18. The molecule has 0 amide bonds. The summed E-state index contributed by atoms with van der Waals surface area (Å²) in [5, 5.41) is 11.0. The van der Waals surface area contributed by atoms with Gasteiger partial charge in [0, 0.05) is 0 Å². The summed E-state index contributed by atoms with van der Waals surface area (Å²) in [7, 11) is 1.54. The van der Waals surface area contributed by atoms with Gasteiger partial charge in [0.05, 0.1) is 0 Å². The molecule has 0 bridgehead atoms. The maximum atomic E-state index is 11.5. The molecule has 2 aliphatic carbocycles. The SMILES string of the molecule is COc1c(Cl)c(C)c(C=O)c(O)c1C/C=C(C)/C=C/[C@@]1(C)[C@H](C)CCC([As]C2CC2)[C@@H]1C. The van der Waals surface area contributed by atoms with Gasteiger partial charge in [-0.05, 0) is 6.92 Å². The van der Waals surface area contributed by atoms with E-state index in [4.69, 9.17) is 16.3 Å². The molecule has 1 aromatic rings. The van der Waals surface area contributed by atoms with Gasteiger partial charge < -0.3 is 0 Å². The number of methoxy groups -OCH3 is 1. The minimum atomic E-state index is -0.0421. The van der Waals surface area contributed by atoms with Crippen LogP contribution in [0.25, 0.3) is 0 Å². The van der Waals surface area contributed by atoms with E-state index in [-0.39, 0.29) is 16.7 Å². The Morgan fingerprint density at radius 1 is 1.28 bits per heavy atom. The van der Waals surface area contributed by atoms with Crippen molar-refractivity contribution in [2.75, 3.05) is 7.11 Å². The fourth-order valence-electron chi connectivity index (χ4n) is 4.92. The maximum absolute atomic E-state index is 11.5. The molecule has 1 aromatic carbocycles. The van der Waals surface area contributed by atoms with Gasteiger partial charge in [-0.1, -0.05) is 0 Å². The summed E-state index contributed by atoms with van der Waals surface area (Å²) < 4.78 is 7.46. The molecule has 2 aliphatic rings. The number of aromatic hydroxyl groups is 1. The normalized spacial score (nSPS) is 29.2. The summed E-state index contributed by atoms with van der Waals surface area (Å²) in [5.74, 6) is 1.78. The number of phenols is 1. The molecule has 4 atom stereocenters. The van der Waals surface area contributed by atoms with Crippen molar-refractivity contribution in [3.8, 4) is 11.5 Å². The molecule has 32 heavy (non-hydrogen) atoms.